The van der Waals surface area contributed by atoms with Crippen molar-refractivity contribution < 1.29 is 0 Å². The molecule has 0 saturated carbocycles. The van der Waals surface area contributed by atoms with Gasteiger partial charge in [-0.2, -0.15) is 28.6 Å². The molecule has 0 aromatic carbocycles. The molecular formula is C15H26ClN3S2. The van der Waals surface area contributed by atoms with E-state index in [0.717, 1.165) is 35.8 Å². The van der Waals surface area contributed by atoms with E-state index in [1.165, 1.54) is 17.9 Å². The molecule has 1 saturated heterocycles. The van der Waals surface area contributed by atoms with Crippen LogP contribution >= 0.6 is 35.1 Å². The SMILES string of the molecule is CCc1nn(CC)c(CC(N)C2SCCSC2CC)c1Cl. The number of halogens is 1. The first-order valence-electron chi connectivity index (χ1n) is 7.85. The first kappa shape index (κ1) is 17.5. The van der Waals surface area contributed by atoms with Crippen molar-refractivity contribution in [3.8, 4) is 0 Å². The second kappa shape index (κ2) is 8.14. The zero-order valence-electron chi connectivity index (χ0n) is 13.1. The molecule has 1 fully saturated rings. The van der Waals surface area contributed by atoms with Gasteiger partial charge in [0.2, 0.25) is 0 Å². The second-order valence-electron chi connectivity index (χ2n) is 5.40. The first-order valence-corrected chi connectivity index (χ1v) is 10.3. The highest BCUT2D eigenvalue weighted by atomic mass is 35.5. The lowest BCUT2D eigenvalue weighted by Gasteiger charge is -2.34. The molecule has 1 aliphatic rings. The Labute approximate surface area is 141 Å². The van der Waals surface area contributed by atoms with E-state index in [-0.39, 0.29) is 6.04 Å². The number of aryl methyl sites for hydroxylation is 2. The van der Waals surface area contributed by atoms with Gasteiger partial charge in [0.25, 0.3) is 0 Å². The summed E-state index contributed by atoms with van der Waals surface area (Å²) in [4.78, 5) is 0. The molecule has 2 rings (SSSR count). The van der Waals surface area contributed by atoms with Crippen LogP contribution in [0.3, 0.4) is 0 Å². The van der Waals surface area contributed by atoms with Crippen LogP contribution in [0, 0.1) is 0 Å². The third kappa shape index (κ3) is 3.92. The van der Waals surface area contributed by atoms with Crippen LogP contribution in [0.15, 0.2) is 0 Å². The molecule has 0 bridgehead atoms. The van der Waals surface area contributed by atoms with Crippen molar-refractivity contribution in [2.75, 3.05) is 11.5 Å². The molecule has 2 N–H and O–H groups in total. The molecule has 21 heavy (non-hydrogen) atoms. The average molecular weight is 348 g/mol. The van der Waals surface area contributed by atoms with Gasteiger partial charge >= 0.3 is 0 Å². The van der Waals surface area contributed by atoms with E-state index in [9.17, 15) is 0 Å². The summed E-state index contributed by atoms with van der Waals surface area (Å²) in [5.74, 6) is 2.46. The fourth-order valence-electron chi connectivity index (χ4n) is 2.89. The summed E-state index contributed by atoms with van der Waals surface area (Å²) in [6.07, 6.45) is 2.89. The summed E-state index contributed by atoms with van der Waals surface area (Å²) < 4.78 is 2.03. The minimum absolute atomic E-state index is 0.150. The lowest BCUT2D eigenvalue weighted by molar-refractivity contribution is 0.550. The minimum atomic E-state index is 0.150. The molecule has 120 valence electrons. The Morgan fingerprint density at radius 3 is 2.67 bits per heavy atom. The molecule has 1 aromatic rings. The van der Waals surface area contributed by atoms with Crippen LogP contribution in [0.2, 0.25) is 5.02 Å². The van der Waals surface area contributed by atoms with Crippen LogP contribution in [-0.4, -0.2) is 37.8 Å². The zero-order chi connectivity index (χ0) is 15.4. The van der Waals surface area contributed by atoms with Gasteiger partial charge in [-0.3, -0.25) is 4.68 Å². The van der Waals surface area contributed by atoms with Gasteiger partial charge in [0, 0.05) is 41.0 Å². The minimum Gasteiger partial charge on any atom is -0.326 e. The largest absolute Gasteiger partial charge is 0.326 e. The van der Waals surface area contributed by atoms with Gasteiger partial charge in [0.15, 0.2) is 0 Å². The molecular weight excluding hydrogens is 322 g/mol. The maximum absolute atomic E-state index is 6.56. The standard InChI is InChI=1S/C15H26ClN3S2/c1-4-11-14(16)12(19(6-3)18-11)9-10(17)15-13(5-2)20-7-8-21-15/h10,13,15H,4-9,17H2,1-3H3. The normalized spacial score (nSPS) is 24.2. The number of aromatic nitrogens is 2. The number of thioether (sulfide) groups is 2. The smallest absolute Gasteiger partial charge is 0.0850 e. The molecule has 3 atom stereocenters. The van der Waals surface area contributed by atoms with E-state index >= 15 is 0 Å². The van der Waals surface area contributed by atoms with Gasteiger partial charge in [-0.25, -0.2) is 0 Å². The van der Waals surface area contributed by atoms with Crippen LogP contribution < -0.4 is 5.73 Å². The van der Waals surface area contributed by atoms with Crippen molar-refractivity contribution in [1.29, 1.82) is 0 Å². The molecule has 2 heterocycles. The van der Waals surface area contributed by atoms with E-state index in [1.807, 2.05) is 16.4 Å². The summed E-state index contributed by atoms with van der Waals surface area (Å²) in [6, 6.07) is 0.150. The predicted octanol–water partition coefficient (Wildman–Crippen LogP) is 3.62. The average Bonchev–Trinajstić information content (AvgIpc) is 2.83. The Hall–Kier alpha value is 0.160. The number of nitrogens with zero attached hydrogens (tertiary/aromatic N) is 2. The lowest BCUT2D eigenvalue weighted by atomic mass is 10.0. The molecule has 0 amide bonds. The maximum atomic E-state index is 6.56. The number of hydrogen-bond donors (Lipinski definition) is 1. The molecule has 3 nitrogen and oxygen atoms in total. The van der Waals surface area contributed by atoms with Gasteiger partial charge in [-0.05, 0) is 19.8 Å². The molecule has 0 radical (unpaired) electrons. The number of hydrogen-bond acceptors (Lipinski definition) is 4. The van der Waals surface area contributed by atoms with Gasteiger partial charge in [0.05, 0.1) is 16.4 Å². The van der Waals surface area contributed by atoms with Gasteiger partial charge < -0.3 is 5.73 Å². The Bertz CT molecular complexity index is 464. The van der Waals surface area contributed by atoms with Crippen LogP contribution in [0.5, 0.6) is 0 Å². The maximum Gasteiger partial charge on any atom is 0.0850 e. The Morgan fingerprint density at radius 2 is 2.05 bits per heavy atom. The topological polar surface area (TPSA) is 43.8 Å². The fourth-order valence-corrected chi connectivity index (χ4v) is 6.43. The molecule has 1 aliphatic heterocycles. The Balaban J connectivity index is 2.14. The van der Waals surface area contributed by atoms with E-state index < -0.39 is 0 Å². The van der Waals surface area contributed by atoms with Crippen molar-refractivity contribution in [3.63, 3.8) is 0 Å². The van der Waals surface area contributed by atoms with Crippen molar-refractivity contribution >= 4 is 35.1 Å². The highest BCUT2D eigenvalue weighted by Gasteiger charge is 2.31. The highest BCUT2D eigenvalue weighted by Crippen LogP contribution is 2.36. The summed E-state index contributed by atoms with van der Waals surface area (Å²) in [5.41, 5.74) is 8.67. The monoisotopic (exact) mass is 347 g/mol. The van der Waals surface area contributed by atoms with Crippen LogP contribution in [0.4, 0.5) is 0 Å². The van der Waals surface area contributed by atoms with Gasteiger partial charge in [-0.15, -0.1) is 0 Å². The lowest BCUT2D eigenvalue weighted by Crippen LogP contribution is -2.43. The van der Waals surface area contributed by atoms with Gasteiger partial charge in [0.1, 0.15) is 0 Å². The summed E-state index contributed by atoms with van der Waals surface area (Å²) >= 11 is 10.6. The third-order valence-corrected chi connectivity index (χ3v) is 7.90. The quantitative estimate of drug-likeness (QED) is 0.853. The molecule has 0 aliphatic carbocycles. The summed E-state index contributed by atoms with van der Waals surface area (Å²) in [7, 11) is 0. The van der Waals surface area contributed by atoms with Crippen molar-refractivity contribution in [3.05, 3.63) is 16.4 Å². The van der Waals surface area contributed by atoms with Crippen LogP contribution in [-0.2, 0) is 19.4 Å². The Kier molecular flexibility index (Phi) is 6.79. The zero-order valence-corrected chi connectivity index (χ0v) is 15.5. The number of nitrogens with two attached hydrogens (primary N) is 1. The fraction of sp³-hybridized carbons (Fsp3) is 0.800. The predicted molar refractivity (Wildman–Crippen MR) is 96.8 cm³/mol. The first-order chi connectivity index (χ1) is 10.1. The Morgan fingerprint density at radius 1 is 1.33 bits per heavy atom. The highest BCUT2D eigenvalue weighted by molar-refractivity contribution is 8.07. The summed E-state index contributed by atoms with van der Waals surface area (Å²) in [6.45, 7) is 7.32. The van der Waals surface area contributed by atoms with E-state index in [4.69, 9.17) is 17.3 Å². The van der Waals surface area contributed by atoms with Crippen molar-refractivity contribution in [2.45, 2.75) is 63.1 Å². The van der Waals surface area contributed by atoms with Gasteiger partial charge in [-0.1, -0.05) is 25.4 Å². The molecule has 0 spiro atoms. The van der Waals surface area contributed by atoms with E-state index in [2.05, 4.69) is 37.6 Å². The third-order valence-electron chi connectivity index (χ3n) is 4.04. The summed E-state index contributed by atoms with van der Waals surface area (Å²) in [5, 5.41) is 6.62. The molecule has 1 aromatic heterocycles. The molecule has 6 heteroatoms. The molecule has 3 unspecified atom stereocenters. The van der Waals surface area contributed by atoms with Crippen LogP contribution in [0.25, 0.3) is 0 Å². The van der Waals surface area contributed by atoms with Crippen LogP contribution in [0.1, 0.15) is 38.6 Å². The van der Waals surface area contributed by atoms with Crippen molar-refractivity contribution in [1.82, 2.24) is 9.78 Å². The van der Waals surface area contributed by atoms with Crippen molar-refractivity contribution in [2.24, 2.45) is 5.73 Å². The second-order valence-corrected chi connectivity index (χ2v) is 8.41. The van der Waals surface area contributed by atoms with E-state index in [0.29, 0.717) is 10.5 Å². The number of rotatable bonds is 6. The van der Waals surface area contributed by atoms with E-state index in [1.54, 1.807) is 0 Å².